The first-order chi connectivity index (χ1) is 8.36. The van der Waals surface area contributed by atoms with Crippen LogP contribution in [0.4, 0.5) is 4.39 Å². The molecular formula is C13H12FN3. The van der Waals surface area contributed by atoms with E-state index < -0.39 is 0 Å². The van der Waals surface area contributed by atoms with Gasteiger partial charge < -0.3 is 5.32 Å². The Labute approximate surface area is 98.7 Å². The number of rotatable bonds is 1. The average Bonchev–Trinajstić information content (AvgIpc) is 2.39. The average molecular weight is 229 g/mol. The summed E-state index contributed by atoms with van der Waals surface area (Å²) >= 11 is 0. The molecule has 1 aromatic heterocycles. The molecule has 2 heterocycles. The molecule has 3 rings (SSSR count). The van der Waals surface area contributed by atoms with Gasteiger partial charge in [0, 0.05) is 17.7 Å². The molecule has 1 aromatic carbocycles. The lowest BCUT2D eigenvalue weighted by Crippen LogP contribution is -2.25. The highest BCUT2D eigenvalue weighted by Crippen LogP contribution is 2.26. The van der Waals surface area contributed by atoms with E-state index >= 15 is 0 Å². The van der Waals surface area contributed by atoms with Gasteiger partial charge >= 0.3 is 0 Å². The van der Waals surface area contributed by atoms with Gasteiger partial charge in [0.1, 0.15) is 12.1 Å². The predicted molar refractivity (Wildman–Crippen MR) is 62.8 cm³/mol. The monoisotopic (exact) mass is 229 g/mol. The number of benzene rings is 1. The lowest BCUT2D eigenvalue weighted by Gasteiger charge is -2.18. The minimum absolute atomic E-state index is 0.230. The van der Waals surface area contributed by atoms with E-state index in [0.29, 0.717) is 5.56 Å². The van der Waals surface area contributed by atoms with Crippen molar-refractivity contribution in [1.29, 1.82) is 0 Å². The molecule has 1 N–H and O–H groups in total. The molecule has 3 nitrogen and oxygen atoms in total. The van der Waals surface area contributed by atoms with Gasteiger partial charge in [-0.25, -0.2) is 14.4 Å². The molecule has 0 saturated heterocycles. The molecule has 0 atom stereocenters. The molecular weight excluding hydrogens is 217 g/mol. The van der Waals surface area contributed by atoms with Crippen molar-refractivity contribution in [3.8, 4) is 11.3 Å². The third-order valence-corrected chi connectivity index (χ3v) is 3.01. The summed E-state index contributed by atoms with van der Waals surface area (Å²) < 4.78 is 13.8. The second-order valence-corrected chi connectivity index (χ2v) is 4.05. The first-order valence-electron chi connectivity index (χ1n) is 5.64. The molecule has 0 fully saturated rings. The van der Waals surface area contributed by atoms with Crippen LogP contribution in [-0.2, 0) is 13.0 Å². The third-order valence-electron chi connectivity index (χ3n) is 3.01. The van der Waals surface area contributed by atoms with Gasteiger partial charge in [-0.2, -0.15) is 0 Å². The first-order valence-corrected chi connectivity index (χ1v) is 5.64. The molecule has 1 aliphatic heterocycles. The van der Waals surface area contributed by atoms with E-state index in [4.69, 9.17) is 0 Å². The number of nitrogens with one attached hydrogen (secondary N) is 1. The van der Waals surface area contributed by atoms with Crippen LogP contribution in [0.1, 0.15) is 11.3 Å². The van der Waals surface area contributed by atoms with Gasteiger partial charge in [-0.05, 0) is 25.1 Å². The molecule has 17 heavy (non-hydrogen) atoms. The maximum Gasteiger partial charge on any atom is 0.132 e. The van der Waals surface area contributed by atoms with Crippen molar-refractivity contribution in [2.24, 2.45) is 0 Å². The smallest absolute Gasteiger partial charge is 0.132 e. The highest BCUT2D eigenvalue weighted by atomic mass is 19.1. The quantitative estimate of drug-likeness (QED) is 0.812. The molecule has 0 radical (unpaired) electrons. The van der Waals surface area contributed by atoms with Crippen LogP contribution in [0.3, 0.4) is 0 Å². The second kappa shape index (κ2) is 4.22. The largest absolute Gasteiger partial charge is 0.311 e. The number of aromatic nitrogens is 2. The zero-order valence-corrected chi connectivity index (χ0v) is 9.28. The van der Waals surface area contributed by atoms with Crippen molar-refractivity contribution in [1.82, 2.24) is 15.3 Å². The van der Waals surface area contributed by atoms with E-state index in [9.17, 15) is 4.39 Å². The molecule has 0 unspecified atom stereocenters. The number of nitrogens with zero attached hydrogens (tertiary/aromatic N) is 2. The van der Waals surface area contributed by atoms with Gasteiger partial charge in [0.2, 0.25) is 0 Å². The summed E-state index contributed by atoms with van der Waals surface area (Å²) in [5.74, 6) is -0.230. The van der Waals surface area contributed by atoms with E-state index in [0.717, 1.165) is 36.5 Å². The van der Waals surface area contributed by atoms with Crippen LogP contribution in [0.2, 0.25) is 0 Å². The summed E-state index contributed by atoms with van der Waals surface area (Å²) in [7, 11) is 0. The van der Waals surface area contributed by atoms with Gasteiger partial charge in [0.15, 0.2) is 0 Å². The van der Waals surface area contributed by atoms with Gasteiger partial charge in [-0.15, -0.1) is 0 Å². The second-order valence-electron chi connectivity index (χ2n) is 4.05. The Morgan fingerprint density at radius 2 is 2.06 bits per heavy atom. The zero-order valence-electron chi connectivity index (χ0n) is 9.28. The van der Waals surface area contributed by atoms with Gasteiger partial charge in [0.05, 0.1) is 11.4 Å². The highest BCUT2D eigenvalue weighted by Gasteiger charge is 2.17. The molecule has 1 aliphatic rings. The normalized spacial score (nSPS) is 14.4. The minimum atomic E-state index is -0.230. The topological polar surface area (TPSA) is 37.8 Å². The van der Waals surface area contributed by atoms with Crippen LogP contribution >= 0.6 is 0 Å². The fourth-order valence-corrected chi connectivity index (χ4v) is 2.17. The maximum absolute atomic E-state index is 13.8. The van der Waals surface area contributed by atoms with Crippen molar-refractivity contribution in [3.05, 3.63) is 47.7 Å². The van der Waals surface area contributed by atoms with Crippen molar-refractivity contribution < 1.29 is 4.39 Å². The fourth-order valence-electron chi connectivity index (χ4n) is 2.17. The van der Waals surface area contributed by atoms with Crippen LogP contribution in [0.15, 0.2) is 30.6 Å². The van der Waals surface area contributed by atoms with E-state index in [1.807, 2.05) is 6.07 Å². The minimum Gasteiger partial charge on any atom is -0.311 e. The predicted octanol–water partition coefficient (Wildman–Crippen LogP) is 1.93. The first kappa shape index (κ1) is 10.4. The number of halogens is 1. The summed E-state index contributed by atoms with van der Waals surface area (Å²) in [4.78, 5) is 8.48. The van der Waals surface area contributed by atoms with Crippen molar-refractivity contribution in [2.75, 3.05) is 6.54 Å². The molecule has 2 aromatic rings. The highest BCUT2D eigenvalue weighted by molar-refractivity contribution is 5.64. The Kier molecular flexibility index (Phi) is 2.57. The molecule has 0 saturated carbocycles. The Morgan fingerprint density at radius 1 is 1.18 bits per heavy atom. The number of hydrogen-bond acceptors (Lipinski definition) is 3. The van der Waals surface area contributed by atoms with Gasteiger partial charge in [-0.3, -0.25) is 0 Å². The maximum atomic E-state index is 13.8. The fraction of sp³-hybridized carbons (Fsp3) is 0.231. The lowest BCUT2D eigenvalue weighted by molar-refractivity contribution is 0.617. The van der Waals surface area contributed by atoms with Crippen LogP contribution < -0.4 is 5.32 Å². The molecule has 0 bridgehead atoms. The standard InChI is InChI=1S/C13H12FN3/c14-11-4-2-1-3-9(11)13-10-5-6-15-7-12(10)16-8-17-13/h1-4,8,15H,5-7H2. The van der Waals surface area contributed by atoms with Crippen LogP contribution in [-0.4, -0.2) is 16.5 Å². The molecule has 0 amide bonds. The van der Waals surface area contributed by atoms with Crippen molar-refractivity contribution in [2.45, 2.75) is 13.0 Å². The van der Waals surface area contributed by atoms with Crippen LogP contribution in [0.5, 0.6) is 0 Å². The Balaban J connectivity index is 2.18. The Morgan fingerprint density at radius 3 is 2.94 bits per heavy atom. The number of hydrogen-bond donors (Lipinski definition) is 1. The summed E-state index contributed by atoms with van der Waals surface area (Å²) in [5, 5.41) is 3.25. The summed E-state index contributed by atoms with van der Waals surface area (Å²) in [5.41, 5.74) is 3.34. The van der Waals surface area contributed by atoms with E-state index in [1.165, 1.54) is 12.4 Å². The van der Waals surface area contributed by atoms with Crippen molar-refractivity contribution >= 4 is 0 Å². The van der Waals surface area contributed by atoms with Crippen molar-refractivity contribution in [3.63, 3.8) is 0 Å². The molecule has 0 spiro atoms. The van der Waals surface area contributed by atoms with Gasteiger partial charge in [0.25, 0.3) is 0 Å². The van der Waals surface area contributed by atoms with Crippen LogP contribution in [0, 0.1) is 5.82 Å². The number of fused-ring (bicyclic) bond motifs is 1. The van der Waals surface area contributed by atoms with E-state index in [1.54, 1.807) is 12.1 Å². The SMILES string of the molecule is Fc1ccccc1-c1ncnc2c1CCNC2. The van der Waals surface area contributed by atoms with Crippen LogP contribution in [0.25, 0.3) is 11.3 Å². The summed E-state index contributed by atoms with van der Waals surface area (Å²) in [6.45, 7) is 1.63. The summed E-state index contributed by atoms with van der Waals surface area (Å²) in [6, 6.07) is 6.74. The lowest BCUT2D eigenvalue weighted by atomic mass is 9.99. The molecule has 86 valence electrons. The molecule has 0 aliphatic carbocycles. The summed E-state index contributed by atoms with van der Waals surface area (Å²) in [6.07, 6.45) is 2.35. The van der Waals surface area contributed by atoms with E-state index in [2.05, 4.69) is 15.3 Å². The third kappa shape index (κ3) is 1.80. The molecule has 4 heteroatoms. The Hall–Kier alpha value is -1.81. The Bertz CT molecular complexity index is 554. The van der Waals surface area contributed by atoms with E-state index in [-0.39, 0.29) is 5.82 Å². The van der Waals surface area contributed by atoms with Gasteiger partial charge in [-0.1, -0.05) is 12.1 Å². The zero-order chi connectivity index (χ0) is 11.7.